The molecule has 0 amide bonds. The van der Waals surface area contributed by atoms with Crippen molar-refractivity contribution in [2.24, 2.45) is 0 Å². The van der Waals surface area contributed by atoms with Gasteiger partial charge in [0.05, 0.1) is 0 Å². The molecule has 0 aromatic rings. The van der Waals surface area contributed by atoms with Crippen LogP contribution < -0.4 is 0 Å². The zero-order chi connectivity index (χ0) is 6.69. The van der Waals surface area contributed by atoms with Gasteiger partial charge in [-0.1, -0.05) is 13.3 Å². The van der Waals surface area contributed by atoms with Gasteiger partial charge < -0.3 is 9.13 Å². The van der Waals surface area contributed by atoms with Crippen LogP contribution in [0.4, 0.5) is 0 Å². The molecule has 1 rings (SSSR count). The molecule has 1 saturated heterocycles. The van der Waals surface area contributed by atoms with E-state index in [2.05, 4.69) is 23.1 Å². The lowest BCUT2D eigenvalue weighted by molar-refractivity contribution is 0.229. The molecule has 0 spiro atoms. The van der Waals surface area contributed by atoms with Gasteiger partial charge in [0.2, 0.25) is 0 Å². The van der Waals surface area contributed by atoms with Crippen LogP contribution in [0.25, 0.3) is 0 Å². The number of rotatable bonds is 3. The Kier molecular flexibility index (Phi) is 2.69. The molecule has 2 nitrogen and oxygen atoms in total. The van der Waals surface area contributed by atoms with Gasteiger partial charge in [-0.2, -0.15) is 0 Å². The molecule has 0 atom stereocenters. The van der Waals surface area contributed by atoms with Gasteiger partial charge >= 0.3 is 0 Å². The average Bonchev–Trinajstić information content (AvgIpc) is 1.78. The fourth-order valence-corrected chi connectivity index (χ4v) is 2.61. The molecule has 0 aliphatic carbocycles. The summed E-state index contributed by atoms with van der Waals surface area (Å²) in [6, 6.07) is 0. The maximum Gasteiger partial charge on any atom is 0.174 e. The largest absolute Gasteiger partial charge is 0.307 e. The van der Waals surface area contributed by atoms with Crippen LogP contribution in [0.3, 0.4) is 0 Å². The minimum absolute atomic E-state index is 0.0897. The third kappa shape index (κ3) is 2.08. The molecule has 0 radical (unpaired) electrons. The van der Waals surface area contributed by atoms with Gasteiger partial charge in [-0.15, -0.1) is 0 Å². The van der Waals surface area contributed by atoms with E-state index in [0.29, 0.717) is 0 Å². The Morgan fingerprint density at radius 3 is 2.67 bits per heavy atom. The fourth-order valence-electron chi connectivity index (χ4n) is 1.16. The summed E-state index contributed by atoms with van der Waals surface area (Å²) >= 11 is 0. The number of hydrogen-bond acceptors (Lipinski definition) is 2. The zero-order valence-corrected chi connectivity index (χ0v) is 7.84. The number of hydrogen-bond donors (Lipinski definition) is 0. The van der Waals surface area contributed by atoms with E-state index in [9.17, 15) is 0 Å². The van der Waals surface area contributed by atoms with Crippen LogP contribution in [-0.2, 0) is 0 Å². The van der Waals surface area contributed by atoms with E-state index < -0.39 is 0 Å². The second-order valence-corrected chi connectivity index (χ2v) is 5.14. The topological polar surface area (TPSA) is 6.48 Å². The Morgan fingerprint density at radius 2 is 2.22 bits per heavy atom. The van der Waals surface area contributed by atoms with Crippen LogP contribution in [0.1, 0.15) is 19.8 Å². The number of unbranched alkanes of at least 4 members (excludes halogenated alkanes) is 1. The third-order valence-corrected chi connectivity index (χ3v) is 3.31. The summed E-state index contributed by atoms with van der Waals surface area (Å²) in [6.07, 6.45) is 2.73. The first kappa shape index (κ1) is 7.25. The maximum atomic E-state index is 2.60. The molecular formula is C6H16N2Si. The van der Waals surface area contributed by atoms with Crippen LogP contribution in [0.5, 0.6) is 0 Å². The van der Waals surface area contributed by atoms with Crippen LogP contribution in [0, 0.1) is 0 Å². The summed E-state index contributed by atoms with van der Waals surface area (Å²) in [5.74, 6) is 0. The van der Waals surface area contributed by atoms with Crippen molar-refractivity contribution in [3.05, 3.63) is 0 Å². The molecule has 0 N–H and O–H groups in total. The highest BCUT2D eigenvalue weighted by molar-refractivity contribution is 6.31. The monoisotopic (exact) mass is 144 g/mol. The molecule has 1 aliphatic rings. The Balaban J connectivity index is 1.91. The van der Waals surface area contributed by atoms with E-state index in [0.717, 1.165) is 0 Å². The SMILES string of the molecule is CCCCN1CN(C)[SiH2]1. The van der Waals surface area contributed by atoms with Crippen LogP contribution in [0.2, 0.25) is 0 Å². The van der Waals surface area contributed by atoms with Gasteiger partial charge in [0.1, 0.15) is 0 Å². The van der Waals surface area contributed by atoms with Gasteiger partial charge in [0.25, 0.3) is 0 Å². The molecule has 0 bridgehead atoms. The van der Waals surface area contributed by atoms with Crippen LogP contribution >= 0.6 is 0 Å². The molecule has 0 aromatic carbocycles. The zero-order valence-electron chi connectivity index (χ0n) is 6.43. The highest BCUT2D eigenvalue weighted by Crippen LogP contribution is 2.03. The van der Waals surface area contributed by atoms with Crippen molar-refractivity contribution >= 4 is 9.84 Å². The lowest BCUT2D eigenvalue weighted by Gasteiger charge is -2.39. The highest BCUT2D eigenvalue weighted by atomic mass is 28.2. The Morgan fingerprint density at radius 1 is 1.56 bits per heavy atom. The molecule has 0 unspecified atom stereocenters. The Hall–Kier alpha value is 0.137. The van der Waals surface area contributed by atoms with Crippen molar-refractivity contribution in [3.63, 3.8) is 0 Å². The first-order valence-electron chi connectivity index (χ1n) is 3.74. The Labute approximate surface area is 59.8 Å². The predicted molar refractivity (Wildman–Crippen MR) is 42.8 cm³/mol. The first-order chi connectivity index (χ1) is 4.33. The summed E-state index contributed by atoms with van der Waals surface area (Å²) in [6.45, 7) is 4.85. The van der Waals surface area contributed by atoms with Gasteiger partial charge in [-0.25, -0.2) is 0 Å². The van der Waals surface area contributed by atoms with Gasteiger partial charge in [0, 0.05) is 6.67 Å². The fraction of sp³-hybridized carbons (Fsp3) is 1.00. The average molecular weight is 144 g/mol. The highest BCUT2D eigenvalue weighted by Gasteiger charge is 2.18. The molecule has 0 saturated carbocycles. The molecular weight excluding hydrogens is 128 g/mol. The van der Waals surface area contributed by atoms with Crippen molar-refractivity contribution < 1.29 is 0 Å². The predicted octanol–water partition coefficient (Wildman–Crippen LogP) is -0.00980. The van der Waals surface area contributed by atoms with Crippen molar-refractivity contribution in [2.45, 2.75) is 19.8 Å². The van der Waals surface area contributed by atoms with Crippen LogP contribution in [0.15, 0.2) is 0 Å². The molecule has 1 aliphatic heterocycles. The second-order valence-electron chi connectivity index (χ2n) is 2.89. The molecule has 0 aromatic heterocycles. The summed E-state index contributed by atoms with van der Waals surface area (Å²) < 4.78 is 5.05. The smallest absolute Gasteiger partial charge is 0.174 e. The van der Waals surface area contributed by atoms with Gasteiger partial charge in [-0.05, 0) is 20.0 Å². The number of nitrogens with zero attached hydrogens (tertiary/aromatic N) is 2. The normalized spacial score (nSPS) is 24.7. The van der Waals surface area contributed by atoms with E-state index in [1.54, 1.807) is 0 Å². The van der Waals surface area contributed by atoms with E-state index >= 15 is 0 Å². The minimum Gasteiger partial charge on any atom is -0.307 e. The van der Waals surface area contributed by atoms with E-state index in [-0.39, 0.29) is 9.84 Å². The summed E-state index contributed by atoms with van der Waals surface area (Å²) in [4.78, 5) is 0. The van der Waals surface area contributed by atoms with Crippen molar-refractivity contribution in [1.29, 1.82) is 0 Å². The molecule has 1 heterocycles. The Bertz CT molecular complexity index is 81.1. The van der Waals surface area contributed by atoms with E-state index in [4.69, 9.17) is 0 Å². The molecule has 54 valence electrons. The first-order valence-corrected chi connectivity index (χ1v) is 5.00. The van der Waals surface area contributed by atoms with E-state index in [1.807, 2.05) is 0 Å². The summed E-state index contributed by atoms with van der Waals surface area (Å²) in [5.41, 5.74) is 0. The third-order valence-electron chi connectivity index (χ3n) is 1.71. The minimum atomic E-state index is 0.0897. The van der Waals surface area contributed by atoms with Crippen molar-refractivity contribution in [2.75, 3.05) is 20.3 Å². The quantitative estimate of drug-likeness (QED) is 0.514. The molecule has 9 heavy (non-hydrogen) atoms. The van der Waals surface area contributed by atoms with Gasteiger partial charge in [-0.3, -0.25) is 0 Å². The summed E-state index contributed by atoms with van der Waals surface area (Å²) in [7, 11) is 2.31. The lowest BCUT2D eigenvalue weighted by Crippen LogP contribution is -2.56. The maximum absolute atomic E-state index is 2.60. The lowest BCUT2D eigenvalue weighted by atomic mass is 10.3. The second kappa shape index (κ2) is 3.34. The van der Waals surface area contributed by atoms with E-state index in [1.165, 1.54) is 26.1 Å². The van der Waals surface area contributed by atoms with Crippen LogP contribution in [-0.4, -0.2) is 39.2 Å². The standard InChI is InChI=1S/C6H16N2Si/c1-3-4-5-8-6-7(2)9-8/h3-6,9H2,1-2H3. The van der Waals surface area contributed by atoms with Crippen molar-refractivity contribution in [1.82, 2.24) is 9.13 Å². The molecule has 1 fully saturated rings. The van der Waals surface area contributed by atoms with Gasteiger partial charge in [0.15, 0.2) is 9.84 Å². The summed E-state index contributed by atoms with van der Waals surface area (Å²) in [5, 5.41) is 0. The van der Waals surface area contributed by atoms with Crippen molar-refractivity contribution in [3.8, 4) is 0 Å². The molecule has 3 heteroatoms.